The van der Waals surface area contributed by atoms with Gasteiger partial charge in [-0.05, 0) is 43.9 Å². The standard InChI is InChI=1S/C28H52O4/c1-23(2)16-11-8-6-5-7-9-13-20-31-27(29)25-18-15-19-26(22-25)28(30)32-21-14-10-12-17-24(3)4/h23-26H,5-22H2,1-4H3. The van der Waals surface area contributed by atoms with Gasteiger partial charge in [0.2, 0.25) is 0 Å². The maximum Gasteiger partial charge on any atom is 0.308 e. The molecule has 32 heavy (non-hydrogen) atoms. The van der Waals surface area contributed by atoms with Gasteiger partial charge in [-0.3, -0.25) is 9.59 Å². The second-order valence-electron chi connectivity index (χ2n) is 10.8. The van der Waals surface area contributed by atoms with Crippen molar-refractivity contribution in [3.8, 4) is 0 Å². The lowest BCUT2D eigenvalue weighted by Gasteiger charge is -2.26. The lowest BCUT2D eigenvalue weighted by Crippen LogP contribution is -2.30. The minimum Gasteiger partial charge on any atom is -0.465 e. The molecule has 1 fully saturated rings. The minimum atomic E-state index is -0.132. The van der Waals surface area contributed by atoms with Gasteiger partial charge in [0, 0.05) is 0 Å². The molecule has 1 aliphatic rings. The number of esters is 2. The molecule has 0 spiro atoms. The molecule has 4 nitrogen and oxygen atoms in total. The minimum absolute atomic E-state index is 0.107. The van der Waals surface area contributed by atoms with Crippen LogP contribution in [-0.2, 0) is 19.1 Å². The Balaban J connectivity index is 2.06. The quantitative estimate of drug-likeness (QED) is 0.157. The highest BCUT2D eigenvalue weighted by Gasteiger charge is 2.32. The summed E-state index contributed by atoms with van der Waals surface area (Å²) in [6, 6.07) is 0. The maximum atomic E-state index is 12.4. The lowest BCUT2D eigenvalue weighted by atomic mass is 9.81. The molecule has 2 atom stereocenters. The topological polar surface area (TPSA) is 52.6 Å². The molecule has 0 aliphatic heterocycles. The number of hydrogen-bond donors (Lipinski definition) is 0. The van der Waals surface area contributed by atoms with E-state index in [2.05, 4.69) is 27.7 Å². The number of hydrogen-bond acceptors (Lipinski definition) is 4. The normalized spacial score (nSPS) is 18.8. The molecule has 0 heterocycles. The van der Waals surface area contributed by atoms with Crippen LogP contribution in [0.25, 0.3) is 0 Å². The van der Waals surface area contributed by atoms with Gasteiger partial charge in [-0.15, -0.1) is 0 Å². The summed E-state index contributed by atoms with van der Waals surface area (Å²) in [5.74, 6) is 1.07. The van der Waals surface area contributed by atoms with E-state index >= 15 is 0 Å². The molecule has 4 heteroatoms. The van der Waals surface area contributed by atoms with Crippen LogP contribution in [0.5, 0.6) is 0 Å². The summed E-state index contributed by atoms with van der Waals surface area (Å²) in [4.78, 5) is 24.8. The van der Waals surface area contributed by atoms with Gasteiger partial charge in [-0.2, -0.15) is 0 Å². The predicted octanol–water partition coefficient (Wildman–Crippen LogP) is 7.87. The van der Waals surface area contributed by atoms with Crippen molar-refractivity contribution in [2.75, 3.05) is 13.2 Å². The summed E-state index contributed by atoms with van der Waals surface area (Å²) in [7, 11) is 0. The molecule has 0 saturated heterocycles. The smallest absolute Gasteiger partial charge is 0.308 e. The van der Waals surface area contributed by atoms with E-state index in [1.807, 2.05) is 0 Å². The van der Waals surface area contributed by atoms with E-state index in [9.17, 15) is 9.59 Å². The van der Waals surface area contributed by atoms with Gasteiger partial charge in [-0.25, -0.2) is 0 Å². The van der Waals surface area contributed by atoms with Gasteiger partial charge in [0.15, 0.2) is 0 Å². The fraction of sp³-hybridized carbons (Fsp3) is 0.929. The van der Waals surface area contributed by atoms with Crippen LogP contribution >= 0.6 is 0 Å². The van der Waals surface area contributed by atoms with E-state index in [4.69, 9.17) is 9.47 Å². The first-order valence-electron chi connectivity index (χ1n) is 13.7. The molecule has 188 valence electrons. The SMILES string of the molecule is CC(C)CCCCCCCCCOC(=O)C1CCCC(C(=O)OCCCCCC(C)C)C1. The Morgan fingerprint density at radius 2 is 1.00 bits per heavy atom. The first-order valence-corrected chi connectivity index (χ1v) is 13.7. The Kier molecular flexibility index (Phi) is 16.6. The van der Waals surface area contributed by atoms with Crippen LogP contribution in [0.2, 0.25) is 0 Å². The van der Waals surface area contributed by atoms with Gasteiger partial charge in [0.25, 0.3) is 0 Å². The molecule has 0 bridgehead atoms. The fourth-order valence-electron chi connectivity index (χ4n) is 4.57. The van der Waals surface area contributed by atoms with Crippen LogP contribution in [0.4, 0.5) is 0 Å². The van der Waals surface area contributed by atoms with Gasteiger partial charge in [0.1, 0.15) is 0 Å². The van der Waals surface area contributed by atoms with Gasteiger partial charge in [0.05, 0.1) is 25.0 Å². The zero-order valence-electron chi connectivity index (χ0n) is 21.7. The van der Waals surface area contributed by atoms with Crippen molar-refractivity contribution in [3.63, 3.8) is 0 Å². The number of unbranched alkanes of at least 4 members (excludes halogenated alkanes) is 8. The van der Waals surface area contributed by atoms with Gasteiger partial charge in [-0.1, -0.05) is 98.3 Å². The highest BCUT2D eigenvalue weighted by Crippen LogP contribution is 2.31. The number of rotatable bonds is 18. The Morgan fingerprint density at radius 3 is 1.44 bits per heavy atom. The van der Waals surface area contributed by atoms with Crippen molar-refractivity contribution in [2.24, 2.45) is 23.7 Å². The molecule has 0 aromatic heterocycles. The van der Waals surface area contributed by atoms with Crippen molar-refractivity contribution < 1.29 is 19.1 Å². The second kappa shape index (κ2) is 18.4. The molecule has 2 unspecified atom stereocenters. The Hall–Kier alpha value is -1.06. The molecule has 1 saturated carbocycles. The molecule has 0 aromatic rings. The van der Waals surface area contributed by atoms with E-state index in [0.29, 0.717) is 19.6 Å². The van der Waals surface area contributed by atoms with E-state index in [0.717, 1.165) is 56.8 Å². The summed E-state index contributed by atoms with van der Waals surface area (Å²) in [6.45, 7) is 10.1. The molecular formula is C28H52O4. The average molecular weight is 453 g/mol. The first-order chi connectivity index (χ1) is 15.4. The van der Waals surface area contributed by atoms with Crippen molar-refractivity contribution in [1.29, 1.82) is 0 Å². The Morgan fingerprint density at radius 1 is 0.625 bits per heavy atom. The Labute approximate surface area is 198 Å². The average Bonchev–Trinajstić information content (AvgIpc) is 2.76. The van der Waals surface area contributed by atoms with E-state index in [-0.39, 0.29) is 23.8 Å². The first kappa shape index (κ1) is 29.0. The summed E-state index contributed by atoms with van der Waals surface area (Å²) in [6.07, 6.45) is 17.6. The summed E-state index contributed by atoms with van der Waals surface area (Å²) < 4.78 is 11.0. The third kappa shape index (κ3) is 14.9. The summed E-state index contributed by atoms with van der Waals surface area (Å²) in [5.41, 5.74) is 0. The largest absolute Gasteiger partial charge is 0.465 e. The molecule has 0 aromatic carbocycles. The van der Waals surface area contributed by atoms with Gasteiger partial charge < -0.3 is 9.47 Å². The molecular weight excluding hydrogens is 400 g/mol. The third-order valence-electron chi connectivity index (χ3n) is 6.68. The molecule has 0 radical (unpaired) electrons. The monoisotopic (exact) mass is 452 g/mol. The zero-order valence-corrected chi connectivity index (χ0v) is 21.7. The van der Waals surface area contributed by atoms with Crippen molar-refractivity contribution >= 4 is 11.9 Å². The number of carbonyl (C=O) groups excluding carboxylic acids is 2. The summed E-state index contributed by atoms with van der Waals surface area (Å²) in [5, 5.41) is 0. The van der Waals surface area contributed by atoms with Crippen molar-refractivity contribution in [2.45, 2.75) is 130 Å². The van der Waals surface area contributed by atoms with Crippen molar-refractivity contribution in [3.05, 3.63) is 0 Å². The number of carbonyl (C=O) groups is 2. The Bertz CT molecular complexity index is 486. The van der Waals surface area contributed by atoms with E-state index in [1.54, 1.807) is 0 Å². The highest BCUT2D eigenvalue weighted by molar-refractivity contribution is 5.76. The van der Waals surface area contributed by atoms with Crippen LogP contribution in [0.1, 0.15) is 130 Å². The van der Waals surface area contributed by atoms with Crippen LogP contribution < -0.4 is 0 Å². The van der Waals surface area contributed by atoms with Crippen molar-refractivity contribution in [1.82, 2.24) is 0 Å². The third-order valence-corrected chi connectivity index (χ3v) is 6.68. The number of ether oxygens (including phenoxy) is 2. The fourth-order valence-corrected chi connectivity index (χ4v) is 4.57. The van der Waals surface area contributed by atoms with Crippen LogP contribution in [0, 0.1) is 23.7 Å². The lowest BCUT2D eigenvalue weighted by molar-refractivity contribution is -0.155. The van der Waals surface area contributed by atoms with Gasteiger partial charge >= 0.3 is 11.9 Å². The summed E-state index contributed by atoms with van der Waals surface area (Å²) >= 11 is 0. The zero-order chi connectivity index (χ0) is 23.6. The second-order valence-corrected chi connectivity index (χ2v) is 10.8. The van der Waals surface area contributed by atoms with Crippen LogP contribution in [0.3, 0.4) is 0 Å². The van der Waals surface area contributed by atoms with Crippen LogP contribution in [0.15, 0.2) is 0 Å². The van der Waals surface area contributed by atoms with E-state index < -0.39 is 0 Å². The maximum absolute atomic E-state index is 12.4. The molecule has 1 aliphatic carbocycles. The van der Waals surface area contributed by atoms with Crippen LogP contribution in [-0.4, -0.2) is 25.2 Å². The predicted molar refractivity (Wildman–Crippen MR) is 132 cm³/mol. The molecule has 0 amide bonds. The van der Waals surface area contributed by atoms with E-state index in [1.165, 1.54) is 51.4 Å². The molecule has 1 rings (SSSR count). The molecule has 0 N–H and O–H groups in total. The highest BCUT2D eigenvalue weighted by atomic mass is 16.5.